The molecule has 0 aliphatic carbocycles. The Bertz CT molecular complexity index is 494. The van der Waals surface area contributed by atoms with Crippen LogP contribution in [0.3, 0.4) is 0 Å². The second-order valence-electron chi connectivity index (χ2n) is 3.40. The lowest BCUT2D eigenvalue weighted by Crippen LogP contribution is -2.19. The van der Waals surface area contributed by atoms with Crippen LogP contribution in [-0.4, -0.2) is 17.6 Å². The first-order valence-electron chi connectivity index (χ1n) is 5.20. The largest absolute Gasteiger partial charge is 0.301 e. The van der Waals surface area contributed by atoms with E-state index in [4.69, 9.17) is 11.6 Å². The number of nitrogens with zero attached hydrogens (tertiary/aromatic N) is 1. The summed E-state index contributed by atoms with van der Waals surface area (Å²) < 4.78 is 0. The first-order chi connectivity index (χ1) is 8.19. The molecule has 1 saturated heterocycles. The Morgan fingerprint density at radius 3 is 2.76 bits per heavy atom. The van der Waals surface area contributed by atoms with Gasteiger partial charge >= 0.3 is 0 Å². The number of carbonyl (C=O) groups excluding carboxylic acids is 1. The summed E-state index contributed by atoms with van der Waals surface area (Å²) in [5.41, 5.74) is 0.949. The van der Waals surface area contributed by atoms with Crippen molar-refractivity contribution in [2.24, 2.45) is 4.99 Å². The molecule has 0 aromatic heterocycles. The maximum atomic E-state index is 11.6. The van der Waals surface area contributed by atoms with Crippen LogP contribution in [-0.2, 0) is 4.79 Å². The maximum absolute atomic E-state index is 11.6. The third kappa shape index (κ3) is 3.11. The summed E-state index contributed by atoms with van der Waals surface area (Å²) in [7, 11) is 0. The molecule has 1 aliphatic heterocycles. The number of amides is 1. The van der Waals surface area contributed by atoms with E-state index >= 15 is 0 Å². The Morgan fingerprint density at radius 2 is 2.12 bits per heavy atom. The number of nitrogens with one attached hydrogen (secondary N) is 1. The third-order valence-electron chi connectivity index (χ3n) is 2.12. The van der Waals surface area contributed by atoms with E-state index in [1.807, 2.05) is 25.1 Å². The molecule has 0 unspecified atom stereocenters. The number of hydrogen-bond acceptors (Lipinski definition) is 3. The van der Waals surface area contributed by atoms with Crippen molar-refractivity contribution in [3.8, 4) is 0 Å². The van der Waals surface area contributed by atoms with Crippen LogP contribution in [0.15, 0.2) is 34.2 Å². The van der Waals surface area contributed by atoms with Gasteiger partial charge in [0.2, 0.25) is 0 Å². The van der Waals surface area contributed by atoms with Crippen LogP contribution in [0, 0.1) is 0 Å². The number of rotatable bonds is 2. The third-order valence-corrected chi connectivity index (χ3v) is 3.32. The number of benzene rings is 1. The molecule has 1 N–H and O–H groups in total. The van der Waals surface area contributed by atoms with Crippen LogP contribution in [0.4, 0.5) is 0 Å². The molecule has 0 saturated carbocycles. The highest BCUT2D eigenvalue weighted by molar-refractivity contribution is 8.18. The first-order valence-corrected chi connectivity index (χ1v) is 6.39. The highest BCUT2D eigenvalue weighted by atomic mass is 35.5. The van der Waals surface area contributed by atoms with Crippen molar-refractivity contribution in [3.05, 3.63) is 39.8 Å². The van der Waals surface area contributed by atoms with Gasteiger partial charge in [-0.3, -0.25) is 9.79 Å². The van der Waals surface area contributed by atoms with E-state index < -0.39 is 0 Å². The Labute approximate surface area is 109 Å². The van der Waals surface area contributed by atoms with Gasteiger partial charge in [-0.05, 0) is 42.5 Å². The van der Waals surface area contributed by atoms with Gasteiger partial charge in [0.05, 0.1) is 4.91 Å². The summed E-state index contributed by atoms with van der Waals surface area (Å²) in [5.74, 6) is -0.0999. The van der Waals surface area contributed by atoms with Crippen molar-refractivity contribution in [1.82, 2.24) is 5.32 Å². The van der Waals surface area contributed by atoms with Crippen LogP contribution in [0.5, 0.6) is 0 Å². The van der Waals surface area contributed by atoms with E-state index in [2.05, 4.69) is 10.3 Å². The molecule has 3 nitrogen and oxygen atoms in total. The molecule has 1 aromatic rings. The SMILES string of the molecule is CCN=C1NC(=O)/C(=C/c2ccc(Cl)cc2)S1. The molecule has 1 aromatic carbocycles. The number of halogens is 1. The fourth-order valence-corrected chi connectivity index (χ4v) is 2.37. The lowest BCUT2D eigenvalue weighted by atomic mass is 10.2. The molecule has 0 radical (unpaired) electrons. The minimum atomic E-state index is -0.0999. The Hall–Kier alpha value is -1.26. The molecular weight excluding hydrogens is 256 g/mol. The Kier molecular flexibility index (Phi) is 3.86. The van der Waals surface area contributed by atoms with Gasteiger partial charge in [0.25, 0.3) is 5.91 Å². The fourth-order valence-electron chi connectivity index (χ4n) is 1.36. The number of aliphatic imine (C=N–C) groups is 1. The van der Waals surface area contributed by atoms with Crippen molar-refractivity contribution in [1.29, 1.82) is 0 Å². The molecule has 1 amide bonds. The Balaban J connectivity index is 2.20. The van der Waals surface area contributed by atoms with Crippen LogP contribution < -0.4 is 5.32 Å². The molecule has 1 heterocycles. The second kappa shape index (κ2) is 5.38. The highest BCUT2D eigenvalue weighted by Crippen LogP contribution is 2.26. The molecule has 2 rings (SSSR count). The molecular formula is C12H11ClN2OS. The molecule has 0 bridgehead atoms. The van der Waals surface area contributed by atoms with Gasteiger partial charge in [0, 0.05) is 11.6 Å². The average Bonchev–Trinajstić information content (AvgIpc) is 2.63. The summed E-state index contributed by atoms with van der Waals surface area (Å²) in [6.07, 6.45) is 1.83. The molecule has 88 valence electrons. The van der Waals surface area contributed by atoms with Gasteiger partial charge < -0.3 is 5.32 Å². The van der Waals surface area contributed by atoms with Gasteiger partial charge in [0.1, 0.15) is 0 Å². The van der Waals surface area contributed by atoms with E-state index in [0.29, 0.717) is 21.6 Å². The van der Waals surface area contributed by atoms with E-state index in [-0.39, 0.29) is 5.91 Å². The number of thioether (sulfide) groups is 1. The minimum absolute atomic E-state index is 0.0999. The van der Waals surface area contributed by atoms with Crippen molar-refractivity contribution >= 4 is 40.5 Å². The predicted octanol–water partition coefficient (Wildman–Crippen LogP) is 2.92. The fraction of sp³-hybridized carbons (Fsp3) is 0.167. The van der Waals surface area contributed by atoms with E-state index in [1.54, 1.807) is 12.1 Å². The smallest absolute Gasteiger partial charge is 0.264 e. The monoisotopic (exact) mass is 266 g/mol. The van der Waals surface area contributed by atoms with Crippen molar-refractivity contribution < 1.29 is 4.79 Å². The average molecular weight is 267 g/mol. The molecule has 5 heteroatoms. The van der Waals surface area contributed by atoms with Gasteiger partial charge in [0.15, 0.2) is 5.17 Å². The van der Waals surface area contributed by atoms with E-state index in [0.717, 1.165) is 5.56 Å². The zero-order valence-corrected chi connectivity index (χ0v) is 10.8. The standard InChI is InChI=1S/C12H11ClN2OS/c1-2-14-12-15-11(16)10(17-12)7-8-3-5-9(13)6-4-8/h3-7H,2H2,1H3,(H,14,15,16)/b10-7-. The molecule has 0 atom stereocenters. The van der Waals surface area contributed by atoms with Crippen molar-refractivity contribution in [2.75, 3.05) is 6.54 Å². The summed E-state index contributed by atoms with van der Waals surface area (Å²) in [6.45, 7) is 2.59. The second-order valence-corrected chi connectivity index (χ2v) is 4.86. The van der Waals surface area contributed by atoms with Crippen LogP contribution in [0.2, 0.25) is 5.02 Å². The first kappa shape index (κ1) is 12.2. The topological polar surface area (TPSA) is 41.5 Å². The maximum Gasteiger partial charge on any atom is 0.264 e. The van der Waals surface area contributed by atoms with E-state index in [1.165, 1.54) is 11.8 Å². The van der Waals surface area contributed by atoms with Gasteiger partial charge in [-0.25, -0.2) is 0 Å². The molecule has 1 fully saturated rings. The predicted molar refractivity (Wildman–Crippen MR) is 73.1 cm³/mol. The van der Waals surface area contributed by atoms with Crippen molar-refractivity contribution in [3.63, 3.8) is 0 Å². The quantitative estimate of drug-likeness (QED) is 0.837. The zero-order chi connectivity index (χ0) is 12.3. The summed E-state index contributed by atoms with van der Waals surface area (Å²) in [5, 5.41) is 4.06. The Morgan fingerprint density at radius 1 is 1.41 bits per heavy atom. The lowest BCUT2D eigenvalue weighted by Gasteiger charge is -1.95. The zero-order valence-electron chi connectivity index (χ0n) is 9.24. The normalized spacial score (nSPS) is 20.0. The lowest BCUT2D eigenvalue weighted by molar-refractivity contribution is -0.115. The van der Waals surface area contributed by atoms with Crippen molar-refractivity contribution in [2.45, 2.75) is 6.92 Å². The summed E-state index contributed by atoms with van der Waals surface area (Å²) in [4.78, 5) is 16.4. The minimum Gasteiger partial charge on any atom is -0.301 e. The van der Waals surface area contributed by atoms with Crippen LogP contribution in [0.25, 0.3) is 6.08 Å². The number of amidine groups is 1. The number of hydrogen-bond donors (Lipinski definition) is 1. The van der Waals surface area contributed by atoms with E-state index in [9.17, 15) is 4.79 Å². The summed E-state index contributed by atoms with van der Waals surface area (Å²) >= 11 is 7.16. The molecule has 17 heavy (non-hydrogen) atoms. The number of carbonyl (C=O) groups is 1. The van der Waals surface area contributed by atoms with Gasteiger partial charge in [-0.15, -0.1) is 0 Å². The van der Waals surface area contributed by atoms with Gasteiger partial charge in [-0.1, -0.05) is 23.7 Å². The van der Waals surface area contributed by atoms with Crippen LogP contribution >= 0.6 is 23.4 Å². The van der Waals surface area contributed by atoms with Gasteiger partial charge in [-0.2, -0.15) is 0 Å². The van der Waals surface area contributed by atoms with Crippen LogP contribution in [0.1, 0.15) is 12.5 Å². The molecule has 0 spiro atoms. The highest BCUT2D eigenvalue weighted by Gasteiger charge is 2.23. The molecule has 1 aliphatic rings. The summed E-state index contributed by atoms with van der Waals surface area (Å²) in [6, 6.07) is 7.34.